The van der Waals surface area contributed by atoms with Crippen LogP contribution in [-0.2, 0) is 37.2 Å². The number of rotatable bonds is 9. The van der Waals surface area contributed by atoms with Crippen LogP contribution in [0.4, 0.5) is 0 Å². The van der Waals surface area contributed by atoms with Crippen LogP contribution in [-0.4, -0.2) is 85.7 Å². The van der Waals surface area contributed by atoms with Crippen LogP contribution in [0.3, 0.4) is 0 Å². The van der Waals surface area contributed by atoms with Gasteiger partial charge in [-0.15, -0.1) is 11.3 Å². The van der Waals surface area contributed by atoms with Gasteiger partial charge in [0.25, 0.3) is 0 Å². The number of likely N-dealkylation sites (tertiary alicyclic amines) is 1. The quantitative estimate of drug-likeness (QED) is 0.528. The minimum atomic E-state index is -3.69. The molecule has 0 spiro atoms. The Morgan fingerprint density at radius 3 is 2.62 bits per heavy atom. The van der Waals surface area contributed by atoms with Gasteiger partial charge in [-0.2, -0.15) is 0 Å². The molecule has 9 nitrogen and oxygen atoms in total. The van der Waals surface area contributed by atoms with Gasteiger partial charge in [0.1, 0.15) is 12.1 Å². The summed E-state index contributed by atoms with van der Waals surface area (Å²) < 4.78 is 33.8. The Bertz CT molecular complexity index is 1110. The second-order valence-corrected chi connectivity index (χ2v) is 12.0. The maximum absolute atomic E-state index is 13.4. The lowest BCUT2D eigenvalue weighted by atomic mass is 10.0. The number of nitrogens with zero attached hydrogens (tertiary/aromatic N) is 3. The van der Waals surface area contributed by atoms with Crippen molar-refractivity contribution < 1.29 is 22.7 Å². The van der Waals surface area contributed by atoms with E-state index in [1.165, 1.54) is 16.2 Å². The van der Waals surface area contributed by atoms with Crippen molar-refractivity contribution in [1.29, 1.82) is 0 Å². The molecule has 12 heteroatoms. The van der Waals surface area contributed by atoms with Crippen LogP contribution < -0.4 is 4.72 Å². The Kier molecular flexibility index (Phi) is 8.20. The topological polar surface area (TPSA) is 109 Å². The molecule has 2 unspecified atom stereocenters. The van der Waals surface area contributed by atoms with Gasteiger partial charge in [0.05, 0.1) is 23.3 Å². The highest BCUT2D eigenvalue weighted by Gasteiger charge is 2.41. The third-order valence-corrected chi connectivity index (χ3v) is 8.65. The van der Waals surface area contributed by atoms with Crippen LogP contribution in [0.25, 0.3) is 0 Å². The summed E-state index contributed by atoms with van der Waals surface area (Å²) in [5.74, 6) is -0.657. The third kappa shape index (κ3) is 6.33. The molecule has 0 bridgehead atoms. The number of nitrogens with one attached hydrogen (secondary N) is 1. The molecule has 2 amide bonds. The van der Waals surface area contributed by atoms with E-state index in [9.17, 15) is 18.0 Å². The number of aryl methyl sites for hydroxylation is 1. The second-order valence-electron chi connectivity index (χ2n) is 8.28. The third-order valence-electron chi connectivity index (χ3n) is 5.97. The van der Waals surface area contributed by atoms with Crippen molar-refractivity contribution >= 4 is 44.8 Å². The van der Waals surface area contributed by atoms with Crippen LogP contribution in [0.1, 0.15) is 16.9 Å². The lowest BCUT2D eigenvalue weighted by Gasteiger charge is -2.34. The fourth-order valence-electron chi connectivity index (χ4n) is 4.18. The average molecular weight is 527 g/mol. The lowest BCUT2D eigenvalue weighted by Crippen LogP contribution is -2.54. The highest BCUT2D eigenvalue weighted by atomic mass is 35.5. The molecule has 34 heavy (non-hydrogen) atoms. The smallest absolute Gasteiger partial charge is 0.245 e. The first-order chi connectivity index (χ1) is 16.3. The zero-order chi connectivity index (χ0) is 24.1. The predicted octanol–water partition coefficient (Wildman–Crippen LogP) is 1.33. The highest BCUT2D eigenvalue weighted by molar-refractivity contribution is 7.89. The van der Waals surface area contributed by atoms with E-state index in [4.69, 9.17) is 16.3 Å². The zero-order valence-corrected chi connectivity index (χ0v) is 20.9. The molecule has 1 N–H and O–H groups in total. The second kappa shape index (κ2) is 11.1. The first-order valence-corrected chi connectivity index (χ1v) is 14.0. The van der Waals surface area contributed by atoms with Gasteiger partial charge in [0, 0.05) is 43.3 Å². The monoisotopic (exact) mass is 526 g/mol. The lowest BCUT2D eigenvalue weighted by molar-refractivity contribution is -0.146. The number of pyridine rings is 1. The summed E-state index contributed by atoms with van der Waals surface area (Å²) in [5.41, 5.74) is 0.882. The molecule has 0 aliphatic carbocycles. The number of ether oxygens (including phenoxy) is 1. The van der Waals surface area contributed by atoms with Gasteiger partial charge in [-0.1, -0.05) is 11.6 Å². The summed E-state index contributed by atoms with van der Waals surface area (Å²) in [5, 5.41) is 0. The van der Waals surface area contributed by atoms with Gasteiger partial charge in [0.15, 0.2) is 0 Å². The number of thiophene rings is 1. The summed E-state index contributed by atoms with van der Waals surface area (Å²) in [6.45, 7) is 2.16. The van der Waals surface area contributed by atoms with E-state index in [0.29, 0.717) is 56.4 Å². The molecule has 2 aromatic heterocycles. The van der Waals surface area contributed by atoms with Crippen LogP contribution in [0.5, 0.6) is 0 Å². The Hall–Kier alpha value is -2.05. The van der Waals surface area contributed by atoms with Crippen LogP contribution >= 0.6 is 22.9 Å². The van der Waals surface area contributed by atoms with Gasteiger partial charge < -0.3 is 14.5 Å². The molecule has 4 rings (SSSR count). The van der Waals surface area contributed by atoms with Crippen molar-refractivity contribution in [3.8, 4) is 0 Å². The van der Waals surface area contributed by atoms with E-state index in [-0.39, 0.29) is 17.6 Å². The minimum Gasteiger partial charge on any atom is -0.378 e. The van der Waals surface area contributed by atoms with Crippen molar-refractivity contribution in [3.63, 3.8) is 0 Å². The Morgan fingerprint density at radius 2 is 1.94 bits per heavy atom. The minimum absolute atomic E-state index is 0.138. The number of sulfonamides is 1. The van der Waals surface area contributed by atoms with Crippen molar-refractivity contribution in [2.24, 2.45) is 0 Å². The molecule has 2 aromatic rings. The molecule has 2 aliphatic rings. The fraction of sp³-hybridized carbons (Fsp3) is 0.500. The van der Waals surface area contributed by atoms with Crippen molar-refractivity contribution in [1.82, 2.24) is 19.5 Å². The van der Waals surface area contributed by atoms with Crippen molar-refractivity contribution in [2.75, 3.05) is 38.6 Å². The molecule has 2 atom stereocenters. The molecule has 0 radical (unpaired) electrons. The van der Waals surface area contributed by atoms with E-state index >= 15 is 0 Å². The standard InChI is InChI=1S/C22H27ClN4O5S2/c23-20-2-1-17(33-20)6-14-34(30,31)25-18-5-9-27(21(18)28)19(15-16-3-7-24-8-4-16)22(29)26-10-12-32-13-11-26/h1-4,7-8,18-19,25H,5-6,9-15H2. The zero-order valence-electron chi connectivity index (χ0n) is 18.6. The van der Waals surface area contributed by atoms with Gasteiger partial charge in [0.2, 0.25) is 21.8 Å². The van der Waals surface area contributed by atoms with E-state index < -0.39 is 22.1 Å². The first-order valence-electron chi connectivity index (χ1n) is 11.1. The largest absolute Gasteiger partial charge is 0.378 e. The Labute approximate surface area is 208 Å². The molecule has 2 aliphatic heterocycles. The fourth-order valence-corrected chi connectivity index (χ4v) is 6.66. The number of amides is 2. The number of halogens is 1. The van der Waals surface area contributed by atoms with Gasteiger partial charge in [-0.3, -0.25) is 14.6 Å². The number of carbonyl (C=O) groups is 2. The maximum atomic E-state index is 13.4. The van der Waals surface area contributed by atoms with E-state index in [2.05, 4.69) is 9.71 Å². The molecule has 4 heterocycles. The van der Waals surface area contributed by atoms with E-state index in [1.807, 2.05) is 12.1 Å². The SMILES string of the molecule is O=C(C(Cc1ccncc1)N1CCC(NS(=O)(=O)CCc2ccc(Cl)s2)C1=O)N1CCOCC1. The Morgan fingerprint density at radius 1 is 1.21 bits per heavy atom. The number of aromatic nitrogens is 1. The normalized spacial score (nSPS) is 20.0. The van der Waals surface area contributed by atoms with E-state index in [1.54, 1.807) is 29.4 Å². The summed E-state index contributed by atoms with van der Waals surface area (Å²) >= 11 is 7.25. The van der Waals surface area contributed by atoms with Crippen LogP contribution in [0.2, 0.25) is 4.34 Å². The summed E-state index contributed by atoms with van der Waals surface area (Å²) in [6.07, 6.45) is 4.26. The van der Waals surface area contributed by atoms with Crippen LogP contribution in [0, 0.1) is 0 Å². The molecule has 184 valence electrons. The molecule has 2 saturated heterocycles. The first kappa shape index (κ1) is 25.1. The number of morpholine rings is 1. The van der Waals surface area contributed by atoms with Gasteiger partial charge >= 0.3 is 0 Å². The van der Waals surface area contributed by atoms with Crippen molar-refractivity contribution in [3.05, 3.63) is 51.4 Å². The van der Waals surface area contributed by atoms with E-state index in [0.717, 1.165) is 10.4 Å². The molecule has 2 fully saturated rings. The van der Waals surface area contributed by atoms with Gasteiger partial charge in [-0.25, -0.2) is 13.1 Å². The Balaban J connectivity index is 1.44. The number of hydrogen-bond donors (Lipinski definition) is 1. The molecule has 0 aromatic carbocycles. The summed E-state index contributed by atoms with van der Waals surface area (Å²) in [6, 6.07) is 5.57. The maximum Gasteiger partial charge on any atom is 0.245 e. The summed E-state index contributed by atoms with van der Waals surface area (Å²) in [4.78, 5) is 34.8. The number of carbonyl (C=O) groups excluding carboxylic acids is 2. The number of hydrogen-bond acceptors (Lipinski definition) is 7. The highest BCUT2D eigenvalue weighted by Crippen LogP contribution is 2.23. The van der Waals surface area contributed by atoms with Crippen LogP contribution in [0.15, 0.2) is 36.7 Å². The van der Waals surface area contributed by atoms with Gasteiger partial charge in [-0.05, 0) is 42.7 Å². The molecular weight excluding hydrogens is 500 g/mol. The predicted molar refractivity (Wildman–Crippen MR) is 129 cm³/mol. The van der Waals surface area contributed by atoms with Crippen molar-refractivity contribution in [2.45, 2.75) is 31.3 Å². The average Bonchev–Trinajstić information content (AvgIpc) is 3.42. The molecule has 0 saturated carbocycles. The molecular formula is C22H27ClN4O5S2. The summed E-state index contributed by atoms with van der Waals surface area (Å²) in [7, 11) is -3.69.